The van der Waals surface area contributed by atoms with Crippen LogP contribution in [0.3, 0.4) is 0 Å². The Morgan fingerprint density at radius 2 is 1.69 bits per heavy atom. The van der Waals surface area contributed by atoms with E-state index < -0.39 is 5.91 Å². The number of carbonyl (C=O) groups is 2. The van der Waals surface area contributed by atoms with E-state index in [1.165, 1.54) is 11.7 Å². The molecule has 0 bridgehead atoms. The van der Waals surface area contributed by atoms with Crippen molar-refractivity contribution in [3.63, 3.8) is 0 Å². The van der Waals surface area contributed by atoms with Gasteiger partial charge in [-0.1, -0.05) is 35.9 Å². The van der Waals surface area contributed by atoms with Gasteiger partial charge in [0.25, 0.3) is 11.5 Å². The summed E-state index contributed by atoms with van der Waals surface area (Å²) in [7, 11) is 1.54. The maximum absolute atomic E-state index is 12.2. The average Bonchev–Trinajstić information content (AvgIpc) is 2.69. The van der Waals surface area contributed by atoms with E-state index in [-0.39, 0.29) is 24.4 Å². The van der Waals surface area contributed by atoms with Gasteiger partial charge in [0.15, 0.2) is 0 Å². The highest BCUT2D eigenvalue weighted by molar-refractivity contribution is 5.89. The molecular weight excluding hydrogens is 370 g/mol. The Kier molecular flexibility index (Phi) is 5.92. The van der Waals surface area contributed by atoms with Gasteiger partial charge >= 0.3 is 0 Å². The zero-order chi connectivity index (χ0) is 21.0. The minimum atomic E-state index is -0.429. The van der Waals surface area contributed by atoms with Gasteiger partial charge in [-0.05, 0) is 31.5 Å². The van der Waals surface area contributed by atoms with Crippen molar-refractivity contribution < 1.29 is 9.59 Å². The maximum atomic E-state index is 12.2. The Morgan fingerprint density at radius 3 is 2.41 bits per heavy atom. The lowest BCUT2D eigenvalue weighted by atomic mass is 10.1. The van der Waals surface area contributed by atoms with Crippen LogP contribution in [0.5, 0.6) is 0 Å². The van der Waals surface area contributed by atoms with E-state index in [1.807, 2.05) is 32.0 Å². The minimum Gasteiger partial charge on any atom is -0.376 e. The third-order valence-corrected chi connectivity index (χ3v) is 4.52. The zero-order valence-electron chi connectivity index (χ0n) is 16.6. The van der Waals surface area contributed by atoms with Crippen molar-refractivity contribution in [2.75, 3.05) is 11.9 Å². The first kappa shape index (κ1) is 20.1. The van der Waals surface area contributed by atoms with Gasteiger partial charge in [0.1, 0.15) is 0 Å². The summed E-state index contributed by atoms with van der Waals surface area (Å²) in [5, 5.41) is 8.33. The molecule has 1 heterocycles. The molecule has 8 nitrogen and oxygen atoms in total. The van der Waals surface area contributed by atoms with Crippen molar-refractivity contribution in [1.82, 2.24) is 20.6 Å². The van der Waals surface area contributed by atoms with Gasteiger partial charge in [-0.25, -0.2) is 4.68 Å². The van der Waals surface area contributed by atoms with Gasteiger partial charge in [0.05, 0.1) is 24.0 Å². The van der Waals surface area contributed by atoms with Crippen molar-refractivity contribution >= 4 is 28.3 Å². The number of aromatic nitrogens is 2. The van der Waals surface area contributed by atoms with Crippen LogP contribution < -0.4 is 21.7 Å². The number of fused-ring (bicyclic) bond motifs is 1. The lowest BCUT2D eigenvalue weighted by Crippen LogP contribution is -2.45. The first-order valence-corrected chi connectivity index (χ1v) is 9.19. The number of nitrogens with one attached hydrogen (secondary N) is 3. The summed E-state index contributed by atoms with van der Waals surface area (Å²) in [6.07, 6.45) is -0.0700. The molecule has 0 saturated heterocycles. The Balaban J connectivity index is 1.57. The standard InChI is InChI=1S/C21H23N5O3/c1-13-8-9-17(14(2)10-13)22-12-20(28)24-23-19(27)11-18-15-6-4-5-7-16(15)21(29)26(3)25-18/h4-10,22H,11-12H2,1-3H3,(H,23,27)(H,24,28). The average molecular weight is 393 g/mol. The molecule has 0 aliphatic rings. The third kappa shape index (κ3) is 4.78. The predicted molar refractivity (Wildman–Crippen MR) is 111 cm³/mol. The van der Waals surface area contributed by atoms with Crippen molar-refractivity contribution in [3.8, 4) is 0 Å². The summed E-state index contributed by atoms with van der Waals surface area (Å²) >= 11 is 0. The van der Waals surface area contributed by atoms with Gasteiger partial charge < -0.3 is 5.32 Å². The maximum Gasteiger partial charge on any atom is 0.274 e. The van der Waals surface area contributed by atoms with Crippen LogP contribution in [-0.4, -0.2) is 28.1 Å². The van der Waals surface area contributed by atoms with Crippen LogP contribution in [0.1, 0.15) is 16.8 Å². The summed E-state index contributed by atoms with van der Waals surface area (Å²) in [6, 6.07) is 12.9. The van der Waals surface area contributed by atoms with Crippen molar-refractivity contribution in [3.05, 3.63) is 69.6 Å². The lowest BCUT2D eigenvalue weighted by Gasteiger charge is -2.12. The number of nitrogens with zero attached hydrogens (tertiary/aromatic N) is 2. The monoisotopic (exact) mass is 393 g/mol. The summed E-state index contributed by atoms with van der Waals surface area (Å²) in [4.78, 5) is 36.4. The molecule has 0 unspecified atom stereocenters. The lowest BCUT2D eigenvalue weighted by molar-refractivity contribution is -0.127. The molecule has 2 aromatic carbocycles. The Labute approximate surface area is 167 Å². The zero-order valence-corrected chi connectivity index (χ0v) is 16.6. The molecule has 0 spiro atoms. The second-order valence-electron chi connectivity index (χ2n) is 6.87. The minimum absolute atomic E-state index is 0.0190. The fourth-order valence-electron chi connectivity index (χ4n) is 3.07. The fraction of sp³-hybridized carbons (Fsp3) is 0.238. The van der Waals surface area contributed by atoms with Gasteiger partial charge in [-0.15, -0.1) is 0 Å². The summed E-state index contributed by atoms with van der Waals surface area (Å²) in [6.45, 7) is 3.98. The van der Waals surface area contributed by atoms with Crippen LogP contribution in [0.25, 0.3) is 10.8 Å². The van der Waals surface area contributed by atoms with E-state index in [2.05, 4.69) is 21.3 Å². The number of amides is 2. The Bertz CT molecular complexity index is 1140. The van der Waals surface area contributed by atoms with Crippen LogP contribution in [0, 0.1) is 13.8 Å². The molecule has 3 N–H and O–H groups in total. The molecule has 0 aliphatic heterocycles. The van der Waals surface area contributed by atoms with Gasteiger partial charge in [-0.2, -0.15) is 5.10 Å². The van der Waals surface area contributed by atoms with Gasteiger partial charge in [0, 0.05) is 18.1 Å². The first-order chi connectivity index (χ1) is 13.8. The normalized spacial score (nSPS) is 10.6. The number of hydrogen-bond acceptors (Lipinski definition) is 5. The molecule has 0 aliphatic carbocycles. The third-order valence-electron chi connectivity index (χ3n) is 4.52. The van der Waals surface area contributed by atoms with Crippen molar-refractivity contribution in [1.29, 1.82) is 0 Å². The van der Waals surface area contributed by atoms with E-state index >= 15 is 0 Å². The molecule has 8 heteroatoms. The number of hydrazine groups is 1. The van der Waals surface area contributed by atoms with E-state index in [0.717, 1.165) is 16.8 Å². The van der Waals surface area contributed by atoms with Gasteiger partial charge in [-0.3, -0.25) is 25.2 Å². The summed E-state index contributed by atoms with van der Waals surface area (Å²) in [5.41, 5.74) is 8.04. The highest BCUT2D eigenvalue weighted by atomic mass is 16.2. The molecular formula is C21H23N5O3. The highest BCUT2D eigenvalue weighted by Gasteiger charge is 2.13. The number of benzene rings is 2. The number of aryl methyl sites for hydroxylation is 3. The van der Waals surface area contributed by atoms with Crippen LogP contribution in [0.4, 0.5) is 5.69 Å². The molecule has 0 radical (unpaired) electrons. The van der Waals surface area contributed by atoms with Crippen molar-refractivity contribution in [2.24, 2.45) is 7.05 Å². The largest absolute Gasteiger partial charge is 0.376 e. The van der Waals surface area contributed by atoms with Crippen LogP contribution >= 0.6 is 0 Å². The molecule has 3 aromatic rings. The Hall–Kier alpha value is -3.68. The molecule has 29 heavy (non-hydrogen) atoms. The van der Waals surface area contributed by atoms with E-state index in [4.69, 9.17) is 0 Å². The fourth-order valence-corrected chi connectivity index (χ4v) is 3.07. The molecule has 2 amide bonds. The second-order valence-corrected chi connectivity index (χ2v) is 6.87. The molecule has 3 rings (SSSR count). The number of anilines is 1. The van der Waals surface area contributed by atoms with Crippen LogP contribution in [-0.2, 0) is 23.1 Å². The molecule has 150 valence electrons. The Morgan fingerprint density at radius 1 is 1.00 bits per heavy atom. The number of hydrogen-bond donors (Lipinski definition) is 3. The van der Waals surface area contributed by atoms with Crippen molar-refractivity contribution in [2.45, 2.75) is 20.3 Å². The van der Waals surface area contributed by atoms with Crippen LogP contribution in [0.2, 0.25) is 0 Å². The SMILES string of the molecule is Cc1ccc(NCC(=O)NNC(=O)Cc2nn(C)c(=O)c3ccccc23)c(C)c1. The highest BCUT2D eigenvalue weighted by Crippen LogP contribution is 2.15. The summed E-state index contributed by atoms with van der Waals surface area (Å²) in [5.74, 6) is -0.808. The topological polar surface area (TPSA) is 105 Å². The molecule has 0 saturated carbocycles. The first-order valence-electron chi connectivity index (χ1n) is 9.19. The smallest absolute Gasteiger partial charge is 0.274 e. The van der Waals surface area contributed by atoms with E-state index in [9.17, 15) is 14.4 Å². The quantitative estimate of drug-likeness (QED) is 0.568. The predicted octanol–water partition coefficient (Wildman–Crippen LogP) is 1.35. The second kappa shape index (κ2) is 8.55. The van der Waals surface area contributed by atoms with Gasteiger partial charge in [0.2, 0.25) is 5.91 Å². The van der Waals surface area contributed by atoms with E-state index in [1.54, 1.807) is 24.3 Å². The molecule has 1 aromatic heterocycles. The van der Waals surface area contributed by atoms with Crippen LogP contribution in [0.15, 0.2) is 47.3 Å². The number of rotatable bonds is 5. The number of carbonyl (C=O) groups excluding carboxylic acids is 2. The molecule has 0 atom stereocenters. The molecule has 0 fully saturated rings. The summed E-state index contributed by atoms with van der Waals surface area (Å²) < 4.78 is 1.21. The van der Waals surface area contributed by atoms with E-state index in [0.29, 0.717) is 16.5 Å².